The summed E-state index contributed by atoms with van der Waals surface area (Å²) in [6.07, 6.45) is 1.90. The van der Waals surface area contributed by atoms with Gasteiger partial charge in [0.2, 0.25) is 5.91 Å². The third-order valence-corrected chi connectivity index (χ3v) is 8.70. The SMILES string of the molecule is COc1ccc(C(=O)CCC(=O)N2CCC(c3nc(C(=O)Nc4nc5c(OC)cccc5s4)cs3)CC2)cc1. The Labute approximate surface area is 233 Å². The van der Waals surface area contributed by atoms with Gasteiger partial charge in [0.15, 0.2) is 10.9 Å². The van der Waals surface area contributed by atoms with E-state index < -0.39 is 0 Å². The number of para-hydroxylation sites is 1. The van der Waals surface area contributed by atoms with E-state index in [1.807, 2.05) is 23.1 Å². The van der Waals surface area contributed by atoms with Gasteiger partial charge in [0.1, 0.15) is 22.7 Å². The smallest absolute Gasteiger partial charge is 0.276 e. The lowest BCUT2D eigenvalue weighted by atomic mass is 9.97. The molecule has 4 aromatic rings. The molecule has 39 heavy (non-hydrogen) atoms. The summed E-state index contributed by atoms with van der Waals surface area (Å²) < 4.78 is 11.4. The number of benzene rings is 2. The number of Topliss-reactive ketones (excluding diaryl/α,β-unsaturated/α-hetero) is 1. The van der Waals surface area contributed by atoms with Gasteiger partial charge in [0, 0.05) is 42.8 Å². The van der Waals surface area contributed by atoms with Crippen molar-refractivity contribution >= 4 is 55.6 Å². The van der Waals surface area contributed by atoms with Crippen LogP contribution < -0.4 is 14.8 Å². The first-order chi connectivity index (χ1) is 18.9. The summed E-state index contributed by atoms with van der Waals surface area (Å²) in [7, 11) is 3.17. The molecule has 0 bridgehead atoms. The van der Waals surface area contributed by atoms with E-state index in [1.54, 1.807) is 43.9 Å². The number of nitrogens with one attached hydrogen (secondary N) is 1. The highest BCUT2D eigenvalue weighted by Gasteiger charge is 2.27. The van der Waals surface area contributed by atoms with Crippen LogP contribution >= 0.6 is 22.7 Å². The largest absolute Gasteiger partial charge is 0.497 e. The molecule has 0 saturated carbocycles. The highest BCUT2D eigenvalue weighted by Crippen LogP contribution is 2.33. The van der Waals surface area contributed by atoms with Crippen molar-refractivity contribution in [3.8, 4) is 11.5 Å². The number of thiazole rings is 2. The highest BCUT2D eigenvalue weighted by atomic mass is 32.1. The number of aromatic nitrogens is 2. The van der Waals surface area contributed by atoms with Crippen molar-refractivity contribution in [1.82, 2.24) is 14.9 Å². The molecule has 0 aliphatic carbocycles. The summed E-state index contributed by atoms with van der Waals surface area (Å²) in [6, 6.07) is 12.6. The fourth-order valence-electron chi connectivity index (χ4n) is 4.56. The second-order valence-corrected chi connectivity index (χ2v) is 11.1. The molecule has 0 spiro atoms. The topological polar surface area (TPSA) is 111 Å². The lowest BCUT2D eigenvalue weighted by Gasteiger charge is -2.31. The number of methoxy groups -OCH3 is 2. The summed E-state index contributed by atoms with van der Waals surface area (Å²) in [6.45, 7) is 1.21. The van der Waals surface area contributed by atoms with Crippen molar-refractivity contribution in [2.24, 2.45) is 0 Å². The number of hydrogen-bond acceptors (Lipinski definition) is 9. The summed E-state index contributed by atoms with van der Waals surface area (Å²) in [5.74, 6) is 1.17. The number of carbonyl (C=O) groups is 3. The molecule has 1 saturated heterocycles. The van der Waals surface area contributed by atoms with Gasteiger partial charge in [-0.15, -0.1) is 11.3 Å². The molecule has 3 heterocycles. The van der Waals surface area contributed by atoms with Gasteiger partial charge in [-0.1, -0.05) is 17.4 Å². The van der Waals surface area contributed by atoms with Gasteiger partial charge in [0.25, 0.3) is 5.91 Å². The molecule has 202 valence electrons. The minimum Gasteiger partial charge on any atom is -0.497 e. The average Bonchev–Trinajstić information content (AvgIpc) is 3.63. The number of likely N-dealkylation sites (tertiary alicyclic amines) is 1. The van der Waals surface area contributed by atoms with Crippen molar-refractivity contribution in [2.45, 2.75) is 31.6 Å². The number of amides is 2. The Kier molecular flexibility index (Phi) is 8.18. The van der Waals surface area contributed by atoms with Crippen LogP contribution in [0.25, 0.3) is 10.2 Å². The molecular weight excluding hydrogens is 536 g/mol. The quantitative estimate of drug-likeness (QED) is 0.271. The van der Waals surface area contributed by atoms with Gasteiger partial charge in [-0.2, -0.15) is 0 Å². The summed E-state index contributed by atoms with van der Waals surface area (Å²) in [5.41, 5.74) is 1.65. The van der Waals surface area contributed by atoms with E-state index in [1.165, 1.54) is 22.7 Å². The van der Waals surface area contributed by atoms with Gasteiger partial charge >= 0.3 is 0 Å². The lowest BCUT2D eigenvalue weighted by molar-refractivity contribution is -0.132. The van der Waals surface area contributed by atoms with E-state index in [-0.39, 0.29) is 36.4 Å². The number of hydrogen-bond donors (Lipinski definition) is 1. The molecule has 11 heteroatoms. The Bertz CT molecular complexity index is 1490. The maximum Gasteiger partial charge on any atom is 0.276 e. The fraction of sp³-hybridized carbons (Fsp3) is 0.321. The Morgan fingerprint density at radius 3 is 2.49 bits per heavy atom. The number of ketones is 1. The first kappa shape index (κ1) is 26.8. The van der Waals surface area contributed by atoms with Crippen LogP contribution in [0.1, 0.15) is 57.5 Å². The molecule has 0 unspecified atom stereocenters. The molecule has 0 atom stereocenters. The minimum atomic E-state index is -0.301. The maximum absolute atomic E-state index is 12.8. The van der Waals surface area contributed by atoms with Crippen molar-refractivity contribution in [2.75, 3.05) is 32.6 Å². The average molecular weight is 565 g/mol. The van der Waals surface area contributed by atoms with Crippen molar-refractivity contribution in [3.63, 3.8) is 0 Å². The minimum absolute atomic E-state index is 0.0121. The Hall–Kier alpha value is -3.83. The van der Waals surface area contributed by atoms with Crippen LogP contribution in [-0.2, 0) is 4.79 Å². The predicted octanol–water partition coefficient (Wildman–Crippen LogP) is 5.39. The van der Waals surface area contributed by atoms with Crippen LogP contribution in [0.2, 0.25) is 0 Å². The molecule has 2 amide bonds. The van der Waals surface area contributed by atoms with Crippen molar-refractivity contribution < 1.29 is 23.9 Å². The van der Waals surface area contributed by atoms with E-state index in [4.69, 9.17) is 9.47 Å². The number of nitrogens with zero attached hydrogens (tertiary/aromatic N) is 3. The van der Waals surface area contributed by atoms with Gasteiger partial charge in [-0.25, -0.2) is 9.97 Å². The first-order valence-corrected chi connectivity index (χ1v) is 14.3. The molecule has 1 fully saturated rings. The fourth-order valence-corrected chi connectivity index (χ4v) is 6.41. The van der Waals surface area contributed by atoms with Crippen LogP contribution in [-0.4, -0.2) is 59.8 Å². The Morgan fingerprint density at radius 1 is 1.00 bits per heavy atom. The second kappa shape index (κ2) is 11.9. The Balaban J connectivity index is 1.11. The zero-order valence-electron chi connectivity index (χ0n) is 21.6. The molecule has 2 aromatic carbocycles. The second-order valence-electron chi connectivity index (χ2n) is 9.16. The summed E-state index contributed by atoms with van der Waals surface area (Å²) in [5, 5.41) is 6.00. The molecule has 2 aromatic heterocycles. The summed E-state index contributed by atoms with van der Waals surface area (Å²) in [4.78, 5) is 48.9. The maximum atomic E-state index is 12.8. The number of rotatable bonds is 9. The number of fused-ring (bicyclic) bond motifs is 1. The van der Waals surface area contributed by atoms with Crippen LogP contribution in [0.5, 0.6) is 11.5 Å². The Morgan fingerprint density at radius 2 is 1.77 bits per heavy atom. The molecule has 1 aliphatic heterocycles. The van der Waals surface area contributed by atoms with Gasteiger partial charge in [0.05, 0.1) is 23.9 Å². The number of anilines is 1. The van der Waals surface area contributed by atoms with Crippen molar-refractivity contribution in [3.05, 3.63) is 64.1 Å². The van der Waals surface area contributed by atoms with Crippen LogP contribution in [0.4, 0.5) is 5.13 Å². The molecule has 0 radical (unpaired) electrons. The monoisotopic (exact) mass is 564 g/mol. The predicted molar refractivity (Wildman–Crippen MR) is 151 cm³/mol. The zero-order valence-corrected chi connectivity index (χ0v) is 23.3. The standard InChI is InChI=1S/C28H28N4O5S2/c1-36-19-8-6-17(7-9-19)21(33)10-11-24(34)32-14-12-18(13-15-32)27-29-20(16-38-27)26(35)31-28-30-25-22(37-2)4-3-5-23(25)39-28/h3-9,16,18H,10-15H2,1-2H3,(H,30,31,35). The van der Waals surface area contributed by atoms with E-state index in [9.17, 15) is 14.4 Å². The van der Waals surface area contributed by atoms with Gasteiger partial charge < -0.3 is 14.4 Å². The molecule has 9 nitrogen and oxygen atoms in total. The first-order valence-electron chi connectivity index (χ1n) is 12.6. The third-order valence-electron chi connectivity index (χ3n) is 6.75. The molecular formula is C28H28N4O5S2. The molecule has 1 N–H and O–H groups in total. The number of ether oxygens (including phenoxy) is 2. The van der Waals surface area contributed by atoms with E-state index in [2.05, 4.69) is 15.3 Å². The van der Waals surface area contributed by atoms with Gasteiger partial charge in [-0.3, -0.25) is 19.7 Å². The number of piperidine rings is 1. The number of carbonyl (C=O) groups excluding carboxylic acids is 3. The molecule has 5 rings (SSSR count). The van der Waals surface area contributed by atoms with E-state index in [0.29, 0.717) is 46.5 Å². The van der Waals surface area contributed by atoms with Crippen LogP contribution in [0.15, 0.2) is 47.8 Å². The van der Waals surface area contributed by atoms with E-state index >= 15 is 0 Å². The van der Waals surface area contributed by atoms with Crippen LogP contribution in [0.3, 0.4) is 0 Å². The summed E-state index contributed by atoms with van der Waals surface area (Å²) >= 11 is 2.85. The van der Waals surface area contributed by atoms with Gasteiger partial charge in [-0.05, 0) is 49.2 Å². The lowest BCUT2D eigenvalue weighted by Crippen LogP contribution is -2.38. The highest BCUT2D eigenvalue weighted by molar-refractivity contribution is 7.22. The zero-order chi connectivity index (χ0) is 27.4. The van der Waals surface area contributed by atoms with Crippen molar-refractivity contribution in [1.29, 1.82) is 0 Å². The molecule has 1 aliphatic rings. The third kappa shape index (κ3) is 6.10. The normalized spacial score (nSPS) is 13.8. The van der Waals surface area contributed by atoms with E-state index in [0.717, 1.165) is 22.5 Å². The van der Waals surface area contributed by atoms with Crippen LogP contribution in [0, 0.1) is 0 Å².